The van der Waals surface area contributed by atoms with Crippen molar-refractivity contribution in [3.63, 3.8) is 0 Å². The standard InChI is InChI=1S/C3H6N2O6S2/c4-2-1-3(5,12(6,7)8)13(9,10)11/h1,5H2,(H,6,7,8)(H,9,10,11). The van der Waals surface area contributed by atoms with Crippen LogP contribution in [0.4, 0.5) is 0 Å². The van der Waals surface area contributed by atoms with Gasteiger partial charge in [-0.25, -0.2) is 0 Å². The van der Waals surface area contributed by atoms with Gasteiger partial charge in [0, 0.05) is 0 Å². The second kappa shape index (κ2) is 3.20. The van der Waals surface area contributed by atoms with Gasteiger partial charge in [-0.1, -0.05) is 0 Å². The molecule has 0 amide bonds. The van der Waals surface area contributed by atoms with Crippen LogP contribution in [0.2, 0.25) is 0 Å². The van der Waals surface area contributed by atoms with E-state index in [1.165, 1.54) is 0 Å². The Hall–Kier alpha value is -0.730. The molecule has 0 aliphatic heterocycles. The second-order valence-corrected chi connectivity index (χ2v) is 5.71. The molecule has 0 fully saturated rings. The largest absolute Gasteiger partial charge is 0.302 e. The van der Waals surface area contributed by atoms with Crippen LogP contribution >= 0.6 is 0 Å². The highest BCUT2D eigenvalue weighted by Gasteiger charge is 2.51. The topological polar surface area (TPSA) is 159 Å². The molecule has 0 unspecified atom stereocenters. The summed E-state index contributed by atoms with van der Waals surface area (Å²) in [6.07, 6.45) is -1.27. The van der Waals surface area contributed by atoms with Crippen LogP contribution in [0.15, 0.2) is 0 Å². The summed E-state index contributed by atoms with van der Waals surface area (Å²) in [5.41, 5.74) is 4.66. The summed E-state index contributed by atoms with van der Waals surface area (Å²) >= 11 is 0. The Morgan fingerprint density at radius 3 is 1.62 bits per heavy atom. The van der Waals surface area contributed by atoms with Crippen LogP contribution in [0.5, 0.6) is 0 Å². The highest BCUT2D eigenvalue weighted by molar-refractivity contribution is 8.05. The van der Waals surface area contributed by atoms with Gasteiger partial charge in [0.1, 0.15) is 0 Å². The van der Waals surface area contributed by atoms with Gasteiger partial charge in [0.2, 0.25) is 0 Å². The zero-order chi connectivity index (χ0) is 10.9. The SMILES string of the molecule is N#CCC(N)(S(=O)(=O)O)S(=O)(=O)O. The van der Waals surface area contributed by atoms with Crippen molar-refractivity contribution in [1.82, 2.24) is 0 Å². The molecule has 0 heterocycles. The first-order valence-electron chi connectivity index (χ1n) is 2.66. The van der Waals surface area contributed by atoms with Crippen molar-refractivity contribution in [3.05, 3.63) is 0 Å². The van der Waals surface area contributed by atoms with Crippen LogP contribution in [0.3, 0.4) is 0 Å². The van der Waals surface area contributed by atoms with E-state index in [1.54, 1.807) is 0 Å². The summed E-state index contributed by atoms with van der Waals surface area (Å²) in [4.78, 5) is 0. The molecule has 0 bridgehead atoms. The lowest BCUT2D eigenvalue weighted by Crippen LogP contribution is -2.53. The molecule has 0 atom stereocenters. The molecule has 0 aromatic rings. The van der Waals surface area contributed by atoms with Gasteiger partial charge in [-0.05, 0) is 0 Å². The van der Waals surface area contributed by atoms with Crippen LogP contribution in [0, 0.1) is 11.3 Å². The minimum absolute atomic E-state index is 1.12. The smallest absolute Gasteiger partial charge is 0.295 e. The normalized spacial score (nSPS) is 13.7. The Kier molecular flexibility index (Phi) is 3.02. The fraction of sp³-hybridized carbons (Fsp3) is 0.667. The predicted molar refractivity (Wildman–Crippen MR) is 40.2 cm³/mol. The first-order chi connectivity index (χ1) is 5.56. The Balaban J connectivity index is 5.67. The van der Waals surface area contributed by atoms with Gasteiger partial charge in [-0.15, -0.1) is 0 Å². The van der Waals surface area contributed by atoms with E-state index in [4.69, 9.17) is 14.4 Å². The van der Waals surface area contributed by atoms with E-state index < -0.39 is 30.9 Å². The Morgan fingerprint density at radius 2 is 1.54 bits per heavy atom. The fourth-order valence-corrected chi connectivity index (χ4v) is 1.98. The van der Waals surface area contributed by atoms with Gasteiger partial charge < -0.3 is 0 Å². The zero-order valence-electron chi connectivity index (χ0n) is 6.08. The quantitative estimate of drug-likeness (QED) is 0.483. The summed E-state index contributed by atoms with van der Waals surface area (Å²) in [6, 6.07) is 1.12. The van der Waals surface area contributed by atoms with Gasteiger partial charge >= 0.3 is 20.2 Å². The summed E-state index contributed by atoms with van der Waals surface area (Å²) in [7, 11) is -10.5. The number of nitrogens with two attached hydrogens (primary N) is 1. The van der Waals surface area contributed by atoms with Crippen LogP contribution < -0.4 is 5.73 Å². The maximum absolute atomic E-state index is 10.4. The molecule has 8 nitrogen and oxygen atoms in total. The average Bonchev–Trinajstić information content (AvgIpc) is 1.82. The monoisotopic (exact) mass is 230 g/mol. The van der Waals surface area contributed by atoms with Crippen LogP contribution in [-0.2, 0) is 20.2 Å². The lowest BCUT2D eigenvalue weighted by atomic mass is 10.5. The third-order valence-electron chi connectivity index (χ3n) is 1.20. The van der Waals surface area contributed by atoms with Crippen molar-refractivity contribution < 1.29 is 25.9 Å². The minimum Gasteiger partial charge on any atom is -0.295 e. The summed E-state index contributed by atoms with van der Waals surface area (Å²) < 4.78 is 55.1. The van der Waals surface area contributed by atoms with E-state index in [2.05, 4.69) is 5.73 Å². The van der Waals surface area contributed by atoms with E-state index in [0.717, 1.165) is 6.07 Å². The summed E-state index contributed by atoms with van der Waals surface area (Å²) in [5, 5.41) is 8.05. The molecule has 4 N–H and O–H groups in total. The van der Waals surface area contributed by atoms with E-state index in [1.807, 2.05) is 0 Å². The Bertz CT molecular complexity index is 395. The number of nitriles is 1. The van der Waals surface area contributed by atoms with Gasteiger partial charge in [0.15, 0.2) is 0 Å². The third-order valence-corrected chi connectivity index (χ3v) is 4.50. The maximum atomic E-state index is 10.4. The third kappa shape index (κ3) is 2.14. The number of hydrogen-bond donors (Lipinski definition) is 3. The first kappa shape index (κ1) is 12.3. The molecular formula is C3H6N2O6S2. The minimum atomic E-state index is -5.27. The molecule has 0 aromatic heterocycles. The van der Waals surface area contributed by atoms with Crippen LogP contribution in [0.25, 0.3) is 0 Å². The van der Waals surface area contributed by atoms with E-state index in [9.17, 15) is 16.8 Å². The lowest BCUT2D eigenvalue weighted by Gasteiger charge is -2.18. The molecule has 0 spiro atoms. The first-order valence-corrected chi connectivity index (χ1v) is 5.54. The highest BCUT2D eigenvalue weighted by Crippen LogP contribution is 2.19. The molecule has 0 aromatic carbocycles. The van der Waals surface area contributed by atoms with Gasteiger partial charge in [-0.3, -0.25) is 14.8 Å². The van der Waals surface area contributed by atoms with Crippen molar-refractivity contribution in [1.29, 1.82) is 5.26 Å². The fourth-order valence-electron chi connectivity index (χ4n) is 0.426. The molecule has 0 rings (SSSR count). The van der Waals surface area contributed by atoms with Crippen molar-refractivity contribution in [2.24, 2.45) is 5.73 Å². The van der Waals surface area contributed by atoms with Crippen molar-refractivity contribution >= 4 is 20.2 Å². The summed E-state index contributed by atoms with van der Waals surface area (Å²) in [5.74, 6) is 0. The highest BCUT2D eigenvalue weighted by atomic mass is 32.3. The number of nitrogens with zero attached hydrogens (tertiary/aromatic N) is 1. The van der Waals surface area contributed by atoms with Crippen molar-refractivity contribution in [2.75, 3.05) is 0 Å². The molecule has 0 aliphatic carbocycles. The Labute approximate surface area is 74.5 Å². The lowest BCUT2D eigenvalue weighted by molar-refractivity contribution is 0.424. The van der Waals surface area contributed by atoms with Crippen LogP contribution in [-0.4, -0.2) is 30.1 Å². The maximum Gasteiger partial charge on any atom is 0.302 e. The number of hydrogen-bond acceptors (Lipinski definition) is 6. The van der Waals surface area contributed by atoms with E-state index in [0.29, 0.717) is 0 Å². The van der Waals surface area contributed by atoms with Gasteiger partial charge in [-0.2, -0.15) is 22.1 Å². The second-order valence-electron chi connectivity index (χ2n) is 2.10. The van der Waals surface area contributed by atoms with E-state index in [-0.39, 0.29) is 0 Å². The van der Waals surface area contributed by atoms with Gasteiger partial charge in [0.05, 0.1) is 12.5 Å². The Morgan fingerprint density at radius 1 is 1.23 bits per heavy atom. The summed E-state index contributed by atoms with van der Waals surface area (Å²) in [6.45, 7) is 0. The molecule has 0 saturated carbocycles. The van der Waals surface area contributed by atoms with Gasteiger partial charge in [0.25, 0.3) is 4.20 Å². The van der Waals surface area contributed by atoms with Crippen molar-refractivity contribution in [2.45, 2.75) is 10.6 Å². The van der Waals surface area contributed by atoms with E-state index >= 15 is 0 Å². The molecule has 10 heteroatoms. The molecule has 0 radical (unpaired) electrons. The molecule has 0 aliphatic rings. The van der Waals surface area contributed by atoms with Crippen LogP contribution in [0.1, 0.15) is 6.42 Å². The molecular weight excluding hydrogens is 224 g/mol. The molecule has 13 heavy (non-hydrogen) atoms. The van der Waals surface area contributed by atoms with Crippen molar-refractivity contribution in [3.8, 4) is 6.07 Å². The predicted octanol–water partition coefficient (Wildman–Crippen LogP) is -1.71. The average molecular weight is 230 g/mol. The zero-order valence-corrected chi connectivity index (χ0v) is 7.71. The number of rotatable bonds is 3. The molecule has 76 valence electrons. The molecule has 0 saturated heterocycles.